The first kappa shape index (κ1) is 25.6. The number of hydrogen-bond acceptors (Lipinski definition) is 5. The first-order valence-electron chi connectivity index (χ1n) is 12.2. The van der Waals surface area contributed by atoms with E-state index in [-0.39, 0.29) is 45.5 Å². The fourth-order valence-corrected chi connectivity index (χ4v) is 5.51. The zero-order chi connectivity index (χ0) is 27.0. The number of likely N-dealkylation sites (tertiary alicyclic amines) is 1. The van der Waals surface area contributed by atoms with E-state index >= 15 is 0 Å². The Morgan fingerprint density at radius 3 is 2.45 bits per heavy atom. The molecule has 5 rings (SSSR count). The molecular formula is C28H26F3N3O4. The molecular weight excluding hydrogens is 499 g/mol. The molecule has 1 saturated carbocycles. The highest BCUT2D eigenvalue weighted by atomic mass is 19.1. The predicted molar refractivity (Wildman–Crippen MR) is 133 cm³/mol. The van der Waals surface area contributed by atoms with E-state index in [1.165, 1.54) is 32.5 Å². The van der Waals surface area contributed by atoms with Gasteiger partial charge in [-0.25, -0.2) is 13.2 Å². The number of nitrogens with zero attached hydrogens (tertiary/aromatic N) is 2. The van der Waals surface area contributed by atoms with Gasteiger partial charge >= 0.3 is 0 Å². The van der Waals surface area contributed by atoms with Crippen LogP contribution in [-0.2, 0) is 0 Å². The fourth-order valence-electron chi connectivity index (χ4n) is 5.51. The number of amides is 2. The fraction of sp³-hybridized carbons (Fsp3) is 0.321. The third-order valence-electron chi connectivity index (χ3n) is 7.40. The molecule has 1 saturated heterocycles. The SMILES string of the molecule is COc1cc(OC)c(F)c(C(=O)NC2CCCC23CN(C(=O)c2cccnc2-c2cc(F)cc(F)c2)C3)c1. The first-order valence-corrected chi connectivity index (χ1v) is 12.2. The summed E-state index contributed by atoms with van der Waals surface area (Å²) < 4.78 is 52.7. The number of aromatic nitrogens is 1. The van der Waals surface area contributed by atoms with Crippen LogP contribution in [0.25, 0.3) is 11.3 Å². The Morgan fingerprint density at radius 2 is 1.76 bits per heavy atom. The highest BCUT2D eigenvalue weighted by Gasteiger charge is 2.53. The summed E-state index contributed by atoms with van der Waals surface area (Å²) in [5.41, 5.74) is 0.0614. The molecule has 2 fully saturated rings. The minimum atomic E-state index is -0.777. The van der Waals surface area contributed by atoms with E-state index < -0.39 is 23.4 Å². The Balaban J connectivity index is 1.33. The highest BCUT2D eigenvalue weighted by Crippen LogP contribution is 2.46. The van der Waals surface area contributed by atoms with Gasteiger partial charge in [0.25, 0.3) is 11.8 Å². The van der Waals surface area contributed by atoms with Crippen molar-refractivity contribution in [2.45, 2.75) is 25.3 Å². The number of methoxy groups -OCH3 is 2. The topological polar surface area (TPSA) is 80.8 Å². The number of nitrogens with one attached hydrogen (secondary N) is 1. The van der Waals surface area contributed by atoms with Crippen LogP contribution in [-0.4, -0.2) is 55.0 Å². The lowest BCUT2D eigenvalue weighted by Crippen LogP contribution is -2.64. The molecule has 2 aromatic carbocycles. The molecule has 7 nitrogen and oxygen atoms in total. The molecule has 1 unspecified atom stereocenters. The lowest BCUT2D eigenvalue weighted by molar-refractivity contribution is -0.00434. The summed E-state index contributed by atoms with van der Waals surface area (Å²) in [6.45, 7) is 0.763. The average Bonchev–Trinajstić information content (AvgIpc) is 3.30. The van der Waals surface area contributed by atoms with Crippen molar-refractivity contribution in [1.82, 2.24) is 15.2 Å². The minimum Gasteiger partial charge on any atom is -0.497 e. The summed E-state index contributed by atoms with van der Waals surface area (Å²) in [7, 11) is 2.72. The van der Waals surface area contributed by atoms with Crippen LogP contribution in [0.15, 0.2) is 48.7 Å². The van der Waals surface area contributed by atoms with Crippen LogP contribution in [0.1, 0.15) is 40.0 Å². The summed E-state index contributed by atoms with van der Waals surface area (Å²) in [6.07, 6.45) is 3.79. The number of hydrogen-bond donors (Lipinski definition) is 1. The number of halogens is 3. The predicted octanol–water partition coefficient (Wildman–Crippen LogP) is 4.61. The van der Waals surface area contributed by atoms with Gasteiger partial charge in [0.1, 0.15) is 17.4 Å². The van der Waals surface area contributed by atoms with Crippen LogP contribution in [0.4, 0.5) is 13.2 Å². The van der Waals surface area contributed by atoms with Crippen molar-refractivity contribution in [3.63, 3.8) is 0 Å². The Morgan fingerprint density at radius 1 is 1.03 bits per heavy atom. The van der Waals surface area contributed by atoms with E-state index in [9.17, 15) is 22.8 Å². The van der Waals surface area contributed by atoms with Crippen molar-refractivity contribution in [2.75, 3.05) is 27.3 Å². The molecule has 2 amide bonds. The van der Waals surface area contributed by atoms with E-state index in [0.717, 1.165) is 31.0 Å². The van der Waals surface area contributed by atoms with Gasteiger partial charge < -0.3 is 19.7 Å². The Bertz CT molecular complexity index is 1390. The summed E-state index contributed by atoms with van der Waals surface area (Å²) in [6, 6.07) is 8.62. The number of ether oxygens (including phenoxy) is 2. The summed E-state index contributed by atoms with van der Waals surface area (Å²) in [5.74, 6) is -3.01. The molecule has 1 aliphatic carbocycles. The van der Waals surface area contributed by atoms with Crippen molar-refractivity contribution in [2.24, 2.45) is 5.41 Å². The standard InChI is InChI=1S/C28H26F3N3O4/c1-37-19-12-21(24(31)22(13-19)38-2)26(35)33-23-6-3-7-28(23)14-34(15-28)27(36)20-5-4-8-32-25(20)16-9-17(29)11-18(30)10-16/h4-5,8-13,23H,3,6-7,14-15H2,1-2H3,(H,33,35). The molecule has 1 spiro atoms. The molecule has 1 aromatic heterocycles. The van der Waals surface area contributed by atoms with E-state index in [4.69, 9.17) is 9.47 Å². The third-order valence-corrected chi connectivity index (χ3v) is 7.40. The number of benzene rings is 2. The van der Waals surface area contributed by atoms with Gasteiger partial charge in [-0.2, -0.15) is 0 Å². The van der Waals surface area contributed by atoms with E-state index in [2.05, 4.69) is 10.3 Å². The molecule has 0 radical (unpaired) electrons. The maximum Gasteiger partial charge on any atom is 0.256 e. The number of carbonyl (C=O) groups is 2. The van der Waals surface area contributed by atoms with Crippen molar-refractivity contribution < 1.29 is 32.2 Å². The second kappa shape index (κ2) is 10.00. The maximum atomic E-state index is 14.8. The largest absolute Gasteiger partial charge is 0.497 e. The van der Waals surface area contributed by atoms with Crippen molar-refractivity contribution in [1.29, 1.82) is 0 Å². The van der Waals surface area contributed by atoms with E-state index in [1.807, 2.05) is 0 Å². The lowest BCUT2D eigenvalue weighted by atomic mass is 9.74. The number of pyridine rings is 1. The van der Waals surface area contributed by atoms with Gasteiger partial charge in [0, 0.05) is 48.4 Å². The second-order valence-corrected chi connectivity index (χ2v) is 9.69. The summed E-state index contributed by atoms with van der Waals surface area (Å²) in [5, 5.41) is 2.96. The molecule has 10 heteroatoms. The maximum absolute atomic E-state index is 14.8. The molecule has 1 atom stereocenters. The molecule has 38 heavy (non-hydrogen) atoms. The van der Waals surface area contributed by atoms with Crippen molar-refractivity contribution in [3.8, 4) is 22.8 Å². The van der Waals surface area contributed by atoms with E-state index in [1.54, 1.807) is 17.0 Å². The highest BCUT2D eigenvalue weighted by molar-refractivity contribution is 6.00. The number of carbonyl (C=O) groups excluding carboxylic acids is 2. The Labute approximate surface area is 217 Å². The number of rotatable bonds is 6. The second-order valence-electron chi connectivity index (χ2n) is 9.69. The molecule has 1 aliphatic heterocycles. The van der Waals surface area contributed by atoms with Gasteiger partial charge in [-0.3, -0.25) is 14.6 Å². The van der Waals surface area contributed by atoms with Gasteiger partial charge in [-0.15, -0.1) is 0 Å². The van der Waals surface area contributed by atoms with Crippen LogP contribution in [0, 0.1) is 22.9 Å². The smallest absolute Gasteiger partial charge is 0.256 e. The van der Waals surface area contributed by atoms with Gasteiger partial charge in [0.05, 0.1) is 31.0 Å². The summed E-state index contributed by atoms with van der Waals surface area (Å²) >= 11 is 0. The van der Waals surface area contributed by atoms with Gasteiger partial charge in [-0.1, -0.05) is 6.42 Å². The van der Waals surface area contributed by atoms with Crippen LogP contribution in [0.2, 0.25) is 0 Å². The minimum absolute atomic E-state index is 0.0958. The first-order chi connectivity index (χ1) is 18.2. The molecule has 0 bridgehead atoms. The van der Waals surface area contributed by atoms with Crippen LogP contribution in [0.5, 0.6) is 11.5 Å². The molecule has 198 valence electrons. The van der Waals surface area contributed by atoms with Gasteiger partial charge in [0.2, 0.25) is 0 Å². The van der Waals surface area contributed by atoms with Crippen molar-refractivity contribution in [3.05, 3.63) is 77.2 Å². The lowest BCUT2D eigenvalue weighted by Gasteiger charge is -2.51. The summed E-state index contributed by atoms with van der Waals surface area (Å²) in [4.78, 5) is 32.3. The monoisotopic (exact) mass is 525 g/mol. The quantitative estimate of drug-likeness (QED) is 0.509. The van der Waals surface area contributed by atoms with E-state index in [0.29, 0.717) is 25.3 Å². The zero-order valence-corrected chi connectivity index (χ0v) is 20.9. The Kier molecular flexibility index (Phi) is 6.73. The van der Waals surface area contributed by atoms with Crippen molar-refractivity contribution >= 4 is 11.8 Å². The third kappa shape index (κ3) is 4.55. The molecule has 1 N–H and O–H groups in total. The molecule has 2 heterocycles. The molecule has 2 aliphatic rings. The Hall–Kier alpha value is -4.08. The van der Waals surface area contributed by atoms with Crippen LogP contribution < -0.4 is 14.8 Å². The average molecular weight is 526 g/mol. The van der Waals surface area contributed by atoms with Crippen LogP contribution in [0.3, 0.4) is 0 Å². The van der Waals surface area contributed by atoms with Gasteiger partial charge in [0.15, 0.2) is 11.6 Å². The van der Waals surface area contributed by atoms with Crippen LogP contribution >= 0.6 is 0 Å². The zero-order valence-electron chi connectivity index (χ0n) is 20.9. The molecule has 3 aromatic rings. The normalized spacial score (nSPS) is 17.7. The van der Waals surface area contributed by atoms with Gasteiger partial charge in [-0.05, 0) is 43.2 Å².